The Bertz CT molecular complexity index is 775. The van der Waals surface area contributed by atoms with Crippen LogP contribution in [0.25, 0.3) is 15.8 Å². The fourth-order valence-electron chi connectivity index (χ4n) is 2.72. The van der Waals surface area contributed by atoms with Gasteiger partial charge in [-0.25, -0.2) is 0 Å². The minimum atomic E-state index is 0.919. The van der Waals surface area contributed by atoms with Crippen LogP contribution in [0.15, 0.2) is 37.7 Å². The summed E-state index contributed by atoms with van der Waals surface area (Å²) in [6.07, 6.45) is 4.31. The molecule has 1 aromatic heterocycles. The van der Waals surface area contributed by atoms with Crippen molar-refractivity contribution in [2.75, 3.05) is 25.6 Å². The van der Waals surface area contributed by atoms with Gasteiger partial charge in [-0.1, -0.05) is 0 Å². The van der Waals surface area contributed by atoms with E-state index in [9.17, 15) is 0 Å². The summed E-state index contributed by atoms with van der Waals surface area (Å²) in [6, 6.07) is 6.89. The van der Waals surface area contributed by atoms with Gasteiger partial charge in [-0.05, 0) is 47.9 Å². The molecule has 108 valence electrons. The lowest BCUT2D eigenvalue weighted by atomic mass is 10.1. The quantitative estimate of drug-likeness (QED) is 0.721. The van der Waals surface area contributed by atoms with Crippen LogP contribution >= 0.6 is 46.6 Å². The smallest absolute Gasteiger partial charge is 0.169 e. The number of amidine groups is 1. The van der Waals surface area contributed by atoms with Crippen molar-refractivity contribution >= 4 is 67.6 Å². The Hall–Kier alpha value is -0.560. The number of rotatable bonds is 3. The van der Waals surface area contributed by atoms with E-state index >= 15 is 0 Å². The van der Waals surface area contributed by atoms with Crippen molar-refractivity contribution < 1.29 is 0 Å². The lowest BCUT2D eigenvalue weighted by Gasteiger charge is -2.18. The molecule has 4 rings (SSSR count). The first-order valence-corrected chi connectivity index (χ1v) is 10.8. The van der Waals surface area contributed by atoms with Crippen molar-refractivity contribution in [3.63, 3.8) is 0 Å². The summed E-state index contributed by atoms with van der Waals surface area (Å²) < 4.78 is 2.75. The molecule has 0 atom stereocenters. The number of hydrogen-bond donors (Lipinski definition) is 0. The second-order valence-corrected chi connectivity index (χ2v) is 8.65. The Morgan fingerprint density at radius 2 is 2.14 bits per heavy atom. The second kappa shape index (κ2) is 5.57. The van der Waals surface area contributed by atoms with Crippen molar-refractivity contribution in [2.45, 2.75) is 4.90 Å². The molecule has 0 radical (unpaired) electrons. The van der Waals surface area contributed by atoms with Gasteiger partial charge in [0.2, 0.25) is 0 Å². The fourth-order valence-corrected chi connectivity index (χ4v) is 6.01. The number of aliphatic imine (C=N–C) groups is 1. The maximum absolute atomic E-state index is 4.63. The Balaban J connectivity index is 1.96. The van der Waals surface area contributed by atoms with E-state index in [4.69, 9.17) is 0 Å². The van der Waals surface area contributed by atoms with E-state index in [1.807, 2.05) is 46.6 Å². The lowest BCUT2D eigenvalue weighted by Crippen LogP contribution is -2.20. The molecular weight excluding hydrogens is 336 g/mol. The average molecular weight is 351 g/mol. The lowest BCUT2D eigenvalue weighted by molar-refractivity contribution is 0.650. The van der Waals surface area contributed by atoms with Gasteiger partial charge in [0.15, 0.2) is 5.17 Å². The van der Waals surface area contributed by atoms with E-state index in [-0.39, 0.29) is 0 Å². The molecule has 2 aliphatic rings. The molecule has 0 saturated carbocycles. The predicted octanol–water partition coefficient (Wildman–Crippen LogP) is 5.03. The summed E-state index contributed by atoms with van der Waals surface area (Å²) >= 11 is 7.30. The highest BCUT2D eigenvalue weighted by Gasteiger charge is 2.33. The SMILES string of the molecule is CSC1=C(c2cc(SC)cc3sccc23)N2CCN=C2S1. The van der Waals surface area contributed by atoms with Gasteiger partial charge in [0.05, 0.1) is 16.5 Å². The predicted molar refractivity (Wildman–Crippen MR) is 101 cm³/mol. The number of nitrogens with zero attached hydrogens (tertiary/aromatic N) is 2. The Morgan fingerprint density at radius 1 is 1.24 bits per heavy atom. The number of thioether (sulfide) groups is 3. The van der Waals surface area contributed by atoms with Gasteiger partial charge >= 0.3 is 0 Å². The number of thiophene rings is 1. The molecule has 3 heterocycles. The van der Waals surface area contributed by atoms with Crippen molar-refractivity contribution in [3.8, 4) is 0 Å². The third-order valence-corrected chi connectivity index (χ3v) is 7.47. The highest BCUT2D eigenvalue weighted by molar-refractivity contribution is 8.30. The first kappa shape index (κ1) is 14.1. The average Bonchev–Trinajstić information content (AvgIpc) is 3.20. The van der Waals surface area contributed by atoms with E-state index in [0.717, 1.165) is 13.1 Å². The van der Waals surface area contributed by atoms with Gasteiger partial charge in [-0.2, -0.15) is 0 Å². The van der Waals surface area contributed by atoms with Crippen LogP contribution in [0.2, 0.25) is 0 Å². The van der Waals surface area contributed by atoms with Gasteiger partial charge in [-0.3, -0.25) is 4.99 Å². The second-order valence-electron chi connectivity index (χ2n) is 4.77. The van der Waals surface area contributed by atoms with E-state index in [1.165, 1.54) is 35.6 Å². The first-order chi connectivity index (χ1) is 10.3. The highest BCUT2D eigenvalue weighted by atomic mass is 32.2. The molecule has 0 N–H and O–H groups in total. The van der Waals surface area contributed by atoms with E-state index < -0.39 is 0 Å². The van der Waals surface area contributed by atoms with Gasteiger partial charge in [0, 0.05) is 27.1 Å². The zero-order valence-electron chi connectivity index (χ0n) is 11.8. The number of hydrogen-bond acceptors (Lipinski definition) is 6. The third-order valence-electron chi connectivity index (χ3n) is 3.67. The van der Waals surface area contributed by atoms with Crippen LogP contribution in [-0.4, -0.2) is 35.7 Å². The summed E-state index contributed by atoms with van der Waals surface area (Å²) in [5, 5.41) is 4.74. The van der Waals surface area contributed by atoms with Crippen LogP contribution in [0.3, 0.4) is 0 Å². The fraction of sp³-hybridized carbons (Fsp3) is 0.267. The van der Waals surface area contributed by atoms with Crippen LogP contribution in [0.4, 0.5) is 0 Å². The van der Waals surface area contributed by atoms with E-state index in [0.29, 0.717) is 0 Å². The maximum atomic E-state index is 4.63. The summed E-state index contributed by atoms with van der Waals surface area (Å²) in [5.74, 6) is 0. The van der Waals surface area contributed by atoms with Crippen molar-refractivity contribution in [3.05, 3.63) is 33.4 Å². The van der Waals surface area contributed by atoms with Crippen LogP contribution in [0.1, 0.15) is 5.56 Å². The molecule has 6 heteroatoms. The van der Waals surface area contributed by atoms with Crippen molar-refractivity contribution in [2.24, 2.45) is 4.99 Å². The molecular formula is C15H14N2S4. The molecule has 0 unspecified atom stereocenters. The molecule has 0 bridgehead atoms. The molecule has 2 nitrogen and oxygen atoms in total. The van der Waals surface area contributed by atoms with Crippen LogP contribution in [-0.2, 0) is 0 Å². The van der Waals surface area contributed by atoms with Crippen molar-refractivity contribution in [1.82, 2.24) is 4.90 Å². The Kier molecular flexibility index (Phi) is 3.73. The molecule has 2 aromatic rings. The Morgan fingerprint density at radius 3 is 2.95 bits per heavy atom. The number of benzene rings is 1. The standard InChI is InChI=1S/C15H14N2S4/c1-18-9-7-11(10-3-6-20-12(10)8-9)13-14(19-2)21-15-16-4-5-17(13)15/h3,6-8H,4-5H2,1-2H3. The minimum absolute atomic E-state index is 0.919. The maximum Gasteiger partial charge on any atom is 0.169 e. The zero-order valence-corrected chi connectivity index (χ0v) is 15.0. The molecule has 21 heavy (non-hydrogen) atoms. The van der Waals surface area contributed by atoms with Crippen LogP contribution < -0.4 is 0 Å². The van der Waals surface area contributed by atoms with E-state index in [2.05, 4.69) is 46.0 Å². The summed E-state index contributed by atoms with van der Waals surface area (Å²) in [6.45, 7) is 1.93. The summed E-state index contributed by atoms with van der Waals surface area (Å²) in [4.78, 5) is 8.36. The van der Waals surface area contributed by atoms with Gasteiger partial charge in [0.25, 0.3) is 0 Å². The molecule has 0 saturated heterocycles. The minimum Gasteiger partial charge on any atom is -0.317 e. The molecule has 2 aliphatic heterocycles. The highest BCUT2D eigenvalue weighted by Crippen LogP contribution is 2.48. The van der Waals surface area contributed by atoms with Crippen molar-refractivity contribution in [1.29, 1.82) is 0 Å². The first-order valence-electron chi connectivity index (χ1n) is 6.65. The topological polar surface area (TPSA) is 15.6 Å². The molecule has 0 aliphatic carbocycles. The molecule has 0 spiro atoms. The van der Waals surface area contributed by atoms with Gasteiger partial charge in [0.1, 0.15) is 0 Å². The van der Waals surface area contributed by atoms with Gasteiger partial charge in [-0.15, -0.1) is 34.9 Å². The summed E-state index contributed by atoms with van der Waals surface area (Å²) in [5.41, 5.74) is 2.73. The van der Waals surface area contributed by atoms with Crippen LogP contribution in [0, 0.1) is 0 Å². The van der Waals surface area contributed by atoms with E-state index in [1.54, 1.807) is 0 Å². The molecule has 0 fully saturated rings. The summed E-state index contributed by atoms with van der Waals surface area (Å²) in [7, 11) is 0. The van der Waals surface area contributed by atoms with Crippen LogP contribution in [0.5, 0.6) is 0 Å². The molecule has 0 amide bonds. The monoisotopic (exact) mass is 350 g/mol. The van der Waals surface area contributed by atoms with Gasteiger partial charge < -0.3 is 4.90 Å². The Labute approximate surface area is 141 Å². The normalized spacial score (nSPS) is 17.8. The molecule has 1 aromatic carbocycles. The largest absolute Gasteiger partial charge is 0.317 e. The zero-order chi connectivity index (χ0) is 14.4. The number of fused-ring (bicyclic) bond motifs is 2. The third kappa shape index (κ3) is 2.23.